The number of aryl methyl sites for hydroxylation is 1. The molecular weight excluding hydrogens is 300 g/mol. The lowest BCUT2D eigenvalue weighted by Crippen LogP contribution is -2.35. The Balaban J connectivity index is 1.66. The number of nitrogens with zero attached hydrogens (tertiary/aromatic N) is 6. The summed E-state index contributed by atoms with van der Waals surface area (Å²) in [6.45, 7) is 1.94. The molecule has 6 nitrogen and oxygen atoms in total. The molecule has 1 aliphatic rings. The van der Waals surface area contributed by atoms with Crippen LogP contribution in [0.25, 0.3) is 11.5 Å². The Bertz CT molecular complexity index is 813. The van der Waals surface area contributed by atoms with Crippen LogP contribution in [-0.4, -0.2) is 37.6 Å². The van der Waals surface area contributed by atoms with E-state index < -0.39 is 0 Å². The fourth-order valence-electron chi connectivity index (χ4n) is 3.36. The zero-order chi connectivity index (χ0) is 16.4. The molecule has 0 aliphatic carbocycles. The van der Waals surface area contributed by atoms with Crippen LogP contribution in [-0.2, 0) is 7.05 Å². The van der Waals surface area contributed by atoms with E-state index in [2.05, 4.69) is 30.9 Å². The van der Waals surface area contributed by atoms with Crippen molar-refractivity contribution in [2.24, 2.45) is 7.05 Å². The van der Waals surface area contributed by atoms with Crippen LogP contribution >= 0.6 is 0 Å². The quantitative estimate of drug-likeness (QED) is 0.742. The van der Waals surface area contributed by atoms with Gasteiger partial charge in [0.2, 0.25) is 0 Å². The Morgan fingerprint density at radius 2 is 1.92 bits per heavy atom. The van der Waals surface area contributed by atoms with Gasteiger partial charge in [-0.15, -0.1) is 0 Å². The van der Waals surface area contributed by atoms with Crippen molar-refractivity contribution in [1.82, 2.24) is 24.5 Å². The van der Waals surface area contributed by atoms with Crippen LogP contribution in [0.15, 0.2) is 49.2 Å². The Kier molecular flexibility index (Phi) is 3.94. The summed E-state index contributed by atoms with van der Waals surface area (Å²) in [7, 11) is 1.99. The number of piperidine rings is 1. The summed E-state index contributed by atoms with van der Waals surface area (Å²) in [6, 6.07) is 6.05. The first-order valence-corrected chi connectivity index (χ1v) is 8.27. The van der Waals surface area contributed by atoms with Crippen LogP contribution in [0.2, 0.25) is 0 Å². The van der Waals surface area contributed by atoms with E-state index in [0.717, 1.165) is 49.0 Å². The first-order valence-electron chi connectivity index (χ1n) is 8.27. The molecule has 1 fully saturated rings. The van der Waals surface area contributed by atoms with Crippen LogP contribution in [0.1, 0.15) is 24.5 Å². The van der Waals surface area contributed by atoms with Crippen molar-refractivity contribution < 1.29 is 0 Å². The number of pyridine rings is 1. The summed E-state index contributed by atoms with van der Waals surface area (Å²) >= 11 is 0. The van der Waals surface area contributed by atoms with E-state index in [1.165, 1.54) is 0 Å². The van der Waals surface area contributed by atoms with Crippen molar-refractivity contribution in [2.45, 2.75) is 18.8 Å². The second-order valence-electron chi connectivity index (χ2n) is 6.13. The molecule has 3 aromatic heterocycles. The number of aromatic nitrogens is 5. The van der Waals surface area contributed by atoms with Crippen molar-refractivity contribution >= 4 is 5.82 Å². The average molecular weight is 320 g/mol. The van der Waals surface area contributed by atoms with Gasteiger partial charge in [-0.05, 0) is 25.0 Å². The van der Waals surface area contributed by atoms with Gasteiger partial charge in [0.1, 0.15) is 11.5 Å². The second-order valence-corrected chi connectivity index (χ2v) is 6.13. The lowest BCUT2D eigenvalue weighted by Gasteiger charge is -2.33. The zero-order valence-electron chi connectivity index (χ0n) is 13.7. The minimum Gasteiger partial charge on any atom is -0.356 e. The number of hydrogen-bond acceptors (Lipinski definition) is 5. The summed E-state index contributed by atoms with van der Waals surface area (Å²) in [5.41, 5.74) is 1.92. The molecule has 0 bridgehead atoms. The molecule has 0 spiro atoms. The van der Waals surface area contributed by atoms with Gasteiger partial charge in [-0.2, -0.15) is 0 Å². The van der Waals surface area contributed by atoms with E-state index in [1.54, 1.807) is 18.6 Å². The number of anilines is 1. The molecule has 0 unspecified atom stereocenters. The van der Waals surface area contributed by atoms with Gasteiger partial charge in [0, 0.05) is 57.0 Å². The first kappa shape index (κ1) is 14.8. The van der Waals surface area contributed by atoms with Gasteiger partial charge in [0.15, 0.2) is 5.82 Å². The Labute approximate surface area is 141 Å². The SMILES string of the molecule is Cn1ccnc1-c1nccnc1[C@@H]1CCCN(c2ccccn2)C1. The molecule has 0 radical (unpaired) electrons. The van der Waals surface area contributed by atoms with Gasteiger partial charge >= 0.3 is 0 Å². The molecule has 24 heavy (non-hydrogen) atoms. The van der Waals surface area contributed by atoms with Crippen LogP contribution in [0.4, 0.5) is 5.82 Å². The van der Waals surface area contributed by atoms with Gasteiger partial charge in [-0.3, -0.25) is 4.98 Å². The third-order valence-electron chi connectivity index (χ3n) is 4.54. The highest BCUT2D eigenvalue weighted by Gasteiger charge is 2.27. The van der Waals surface area contributed by atoms with Crippen molar-refractivity contribution in [3.8, 4) is 11.5 Å². The molecule has 0 N–H and O–H groups in total. The monoisotopic (exact) mass is 320 g/mol. The van der Waals surface area contributed by atoms with Crippen LogP contribution in [0.5, 0.6) is 0 Å². The highest BCUT2D eigenvalue weighted by Crippen LogP contribution is 2.32. The van der Waals surface area contributed by atoms with Crippen LogP contribution < -0.4 is 4.90 Å². The summed E-state index contributed by atoms with van der Waals surface area (Å²) in [5, 5.41) is 0. The molecule has 3 aromatic rings. The van der Waals surface area contributed by atoms with Gasteiger partial charge in [-0.25, -0.2) is 15.0 Å². The lowest BCUT2D eigenvalue weighted by atomic mass is 9.93. The van der Waals surface area contributed by atoms with Gasteiger partial charge in [0.25, 0.3) is 0 Å². The molecule has 1 atom stereocenters. The van der Waals surface area contributed by atoms with Gasteiger partial charge in [0.05, 0.1) is 5.69 Å². The maximum absolute atomic E-state index is 4.66. The fourth-order valence-corrected chi connectivity index (χ4v) is 3.36. The molecular formula is C18H20N6. The first-order chi connectivity index (χ1) is 11.8. The average Bonchev–Trinajstić information content (AvgIpc) is 3.08. The minimum atomic E-state index is 0.334. The Hall–Kier alpha value is -2.76. The number of hydrogen-bond donors (Lipinski definition) is 0. The minimum absolute atomic E-state index is 0.334. The van der Waals surface area contributed by atoms with Crippen molar-refractivity contribution in [3.63, 3.8) is 0 Å². The smallest absolute Gasteiger partial charge is 0.160 e. The van der Waals surface area contributed by atoms with Gasteiger partial charge in [-0.1, -0.05) is 6.07 Å². The molecule has 4 rings (SSSR count). The predicted molar refractivity (Wildman–Crippen MR) is 92.7 cm³/mol. The molecule has 0 aromatic carbocycles. The zero-order valence-corrected chi connectivity index (χ0v) is 13.7. The third kappa shape index (κ3) is 2.75. The Morgan fingerprint density at radius 3 is 2.71 bits per heavy atom. The largest absolute Gasteiger partial charge is 0.356 e. The molecule has 0 saturated carbocycles. The molecule has 1 aliphatic heterocycles. The van der Waals surface area contributed by atoms with E-state index in [4.69, 9.17) is 0 Å². The highest BCUT2D eigenvalue weighted by molar-refractivity contribution is 5.54. The topological polar surface area (TPSA) is 59.7 Å². The molecule has 1 saturated heterocycles. The molecule has 6 heteroatoms. The van der Waals surface area contributed by atoms with E-state index in [0.29, 0.717) is 5.92 Å². The maximum atomic E-state index is 4.66. The standard InChI is InChI=1S/C18H20N6/c1-23-12-10-22-18(23)17-16(20-8-9-21-17)14-5-4-11-24(13-14)15-6-2-3-7-19-15/h2-3,6-10,12,14H,4-5,11,13H2,1H3/t14-/m1/s1. The highest BCUT2D eigenvalue weighted by atomic mass is 15.2. The van der Waals surface area contributed by atoms with Crippen molar-refractivity contribution in [3.05, 3.63) is 54.9 Å². The van der Waals surface area contributed by atoms with E-state index in [-0.39, 0.29) is 0 Å². The van der Waals surface area contributed by atoms with E-state index in [1.807, 2.05) is 36.1 Å². The molecule has 4 heterocycles. The lowest BCUT2D eigenvalue weighted by molar-refractivity contribution is 0.498. The molecule has 122 valence electrons. The second kappa shape index (κ2) is 6.39. The molecule has 0 amide bonds. The number of rotatable bonds is 3. The Morgan fingerprint density at radius 1 is 1.00 bits per heavy atom. The van der Waals surface area contributed by atoms with E-state index >= 15 is 0 Å². The van der Waals surface area contributed by atoms with Gasteiger partial charge < -0.3 is 9.47 Å². The summed E-state index contributed by atoms with van der Waals surface area (Å²) in [4.78, 5) is 20.5. The third-order valence-corrected chi connectivity index (χ3v) is 4.54. The van der Waals surface area contributed by atoms with Crippen LogP contribution in [0.3, 0.4) is 0 Å². The van der Waals surface area contributed by atoms with Crippen LogP contribution in [0, 0.1) is 0 Å². The predicted octanol–water partition coefficient (Wildman–Crippen LogP) is 2.66. The summed E-state index contributed by atoms with van der Waals surface area (Å²) in [6.07, 6.45) is 11.3. The number of imidazole rings is 1. The summed E-state index contributed by atoms with van der Waals surface area (Å²) < 4.78 is 1.99. The maximum Gasteiger partial charge on any atom is 0.160 e. The van der Waals surface area contributed by atoms with Crippen molar-refractivity contribution in [2.75, 3.05) is 18.0 Å². The summed E-state index contributed by atoms with van der Waals surface area (Å²) in [5.74, 6) is 2.24. The fraction of sp³-hybridized carbons (Fsp3) is 0.333. The van der Waals surface area contributed by atoms with E-state index in [9.17, 15) is 0 Å². The van der Waals surface area contributed by atoms with Crippen molar-refractivity contribution in [1.29, 1.82) is 0 Å². The normalized spacial score (nSPS) is 17.9.